The van der Waals surface area contributed by atoms with Gasteiger partial charge >= 0.3 is 0 Å². The van der Waals surface area contributed by atoms with Gasteiger partial charge in [-0.05, 0) is 35.0 Å². The Hall–Kier alpha value is -1.29. The number of hydrogen-bond donors (Lipinski definition) is 1. The Labute approximate surface area is 90.7 Å². The van der Waals surface area contributed by atoms with Crippen molar-refractivity contribution in [2.75, 3.05) is 5.73 Å². The van der Waals surface area contributed by atoms with Gasteiger partial charge < -0.3 is 5.73 Å². The van der Waals surface area contributed by atoms with Crippen LogP contribution < -0.4 is 5.73 Å². The number of halogens is 1. The molecule has 1 heterocycles. The van der Waals surface area contributed by atoms with E-state index >= 15 is 0 Å². The molecule has 0 bridgehead atoms. The van der Waals surface area contributed by atoms with Gasteiger partial charge in [0, 0.05) is 10.7 Å². The van der Waals surface area contributed by atoms with E-state index in [0.717, 1.165) is 15.9 Å². The molecule has 0 spiro atoms. The zero-order valence-electron chi connectivity index (χ0n) is 7.74. The fourth-order valence-corrected chi connectivity index (χ4v) is 1.83. The number of nitrogens with two attached hydrogens (primary N) is 1. The monoisotopic (exact) mass is 251 g/mol. The van der Waals surface area contributed by atoms with Crippen molar-refractivity contribution in [3.05, 3.63) is 40.6 Å². The molecular weight excluding hydrogens is 242 g/mol. The molecule has 72 valence electrons. The van der Waals surface area contributed by atoms with Crippen molar-refractivity contribution >= 4 is 21.9 Å². The van der Waals surface area contributed by atoms with E-state index in [-0.39, 0.29) is 0 Å². The van der Waals surface area contributed by atoms with E-state index in [0.29, 0.717) is 5.95 Å². The average molecular weight is 252 g/mol. The van der Waals surface area contributed by atoms with E-state index in [2.05, 4.69) is 20.9 Å². The van der Waals surface area contributed by atoms with Gasteiger partial charge in [0.25, 0.3) is 0 Å². The standard InChI is InChI=1S/C10H10BrN3/c1-7-6-14(10(12)13-7)9-5-3-2-4-8(9)11/h2-6H,1H3,(H2,12,13). The minimum Gasteiger partial charge on any atom is -0.369 e. The Balaban J connectivity index is 2.60. The van der Waals surface area contributed by atoms with Crippen LogP contribution in [0.4, 0.5) is 5.95 Å². The first-order valence-electron chi connectivity index (χ1n) is 4.25. The molecule has 14 heavy (non-hydrogen) atoms. The van der Waals surface area contributed by atoms with Crippen LogP contribution in [0, 0.1) is 6.92 Å². The van der Waals surface area contributed by atoms with Crippen LogP contribution >= 0.6 is 15.9 Å². The third-order valence-corrected chi connectivity index (χ3v) is 2.64. The van der Waals surface area contributed by atoms with Crippen molar-refractivity contribution in [3.8, 4) is 5.69 Å². The number of aromatic nitrogens is 2. The zero-order chi connectivity index (χ0) is 10.1. The van der Waals surface area contributed by atoms with Crippen LogP contribution in [0.15, 0.2) is 34.9 Å². The lowest BCUT2D eigenvalue weighted by atomic mass is 10.3. The molecule has 1 aromatic carbocycles. The maximum Gasteiger partial charge on any atom is 0.205 e. The fourth-order valence-electron chi connectivity index (χ4n) is 1.36. The van der Waals surface area contributed by atoms with Gasteiger partial charge in [0.2, 0.25) is 5.95 Å². The van der Waals surface area contributed by atoms with Crippen molar-refractivity contribution in [2.45, 2.75) is 6.92 Å². The Morgan fingerprint density at radius 2 is 2.07 bits per heavy atom. The smallest absolute Gasteiger partial charge is 0.205 e. The number of para-hydroxylation sites is 1. The molecule has 2 rings (SSSR count). The van der Waals surface area contributed by atoms with E-state index in [1.165, 1.54) is 0 Å². The van der Waals surface area contributed by atoms with Crippen molar-refractivity contribution < 1.29 is 0 Å². The summed E-state index contributed by atoms with van der Waals surface area (Å²) in [5.74, 6) is 0.509. The molecule has 2 aromatic rings. The van der Waals surface area contributed by atoms with Crippen LogP contribution in [-0.2, 0) is 0 Å². The Morgan fingerprint density at radius 1 is 1.36 bits per heavy atom. The van der Waals surface area contributed by atoms with E-state index in [1.807, 2.05) is 42.0 Å². The molecular formula is C10H10BrN3. The quantitative estimate of drug-likeness (QED) is 0.847. The predicted molar refractivity (Wildman–Crippen MR) is 60.4 cm³/mol. The molecule has 4 heteroatoms. The second kappa shape index (κ2) is 3.46. The van der Waals surface area contributed by atoms with Crippen molar-refractivity contribution in [1.82, 2.24) is 9.55 Å². The summed E-state index contributed by atoms with van der Waals surface area (Å²) in [6, 6.07) is 7.90. The first kappa shape index (κ1) is 9.27. The van der Waals surface area contributed by atoms with E-state index in [4.69, 9.17) is 5.73 Å². The minimum atomic E-state index is 0.509. The Morgan fingerprint density at radius 3 is 2.64 bits per heavy atom. The summed E-state index contributed by atoms with van der Waals surface area (Å²) in [6.45, 7) is 1.92. The maximum atomic E-state index is 5.77. The summed E-state index contributed by atoms with van der Waals surface area (Å²) in [4.78, 5) is 4.15. The Bertz CT molecular complexity index is 462. The highest BCUT2D eigenvalue weighted by Crippen LogP contribution is 2.22. The number of nitrogen functional groups attached to an aromatic ring is 1. The highest BCUT2D eigenvalue weighted by Gasteiger charge is 2.06. The number of benzene rings is 1. The molecule has 0 atom stereocenters. The predicted octanol–water partition coefficient (Wildman–Crippen LogP) is 2.53. The SMILES string of the molecule is Cc1cn(-c2ccccc2Br)c(N)n1. The zero-order valence-corrected chi connectivity index (χ0v) is 9.32. The second-order valence-corrected chi connectivity index (χ2v) is 3.92. The van der Waals surface area contributed by atoms with Crippen molar-refractivity contribution in [2.24, 2.45) is 0 Å². The number of imidazole rings is 1. The third kappa shape index (κ3) is 1.53. The molecule has 0 saturated heterocycles. The summed E-state index contributed by atoms with van der Waals surface area (Å²) in [7, 11) is 0. The normalized spacial score (nSPS) is 10.4. The lowest BCUT2D eigenvalue weighted by molar-refractivity contribution is 1.07. The van der Waals surface area contributed by atoms with Gasteiger partial charge in [0.15, 0.2) is 0 Å². The summed E-state index contributed by atoms with van der Waals surface area (Å²) in [6.07, 6.45) is 1.91. The summed E-state index contributed by atoms with van der Waals surface area (Å²) < 4.78 is 2.86. The van der Waals surface area contributed by atoms with Gasteiger partial charge in [-0.1, -0.05) is 12.1 Å². The maximum absolute atomic E-state index is 5.77. The average Bonchev–Trinajstić information content (AvgIpc) is 2.46. The fraction of sp³-hybridized carbons (Fsp3) is 0.100. The largest absolute Gasteiger partial charge is 0.369 e. The van der Waals surface area contributed by atoms with Crippen LogP contribution in [0.3, 0.4) is 0 Å². The van der Waals surface area contributed by atoms with Crippen LogP contribution in [0.1, 0.15) is 5.69 Å². The molecule has 2 N–H and O–H groups in total. The molecule has 0 amide bonds. The molecule has 0 fully saturated rings. The number of hydrogen-bond acceptors (Lipinski definition) is 2. The molecule has 3 nitrogen and oxygen atoms in total. The van der Waals surface area contributed by atoms with Gasteiger partial charge in [0.1, 0.15) is 0 Å². The third-order valence-electron chi connectivity index (χ3n) is 1.97. The van der Waals surface area contributed by atoms with Gasteiger partial charge in [-0.3, -0.25) is 4.57 Å². The van der Waals surface area contributed by atoms with Gasteiger partial charge in [-0.2, -0.15) is 0 Å². The van der Waals surface area contributed by atoms with E-state index in [1.54, 1.807) is 0 Å². The van der Waals surface area contributed by atoms with Gasteiger partial charge in [-0.15, -0.1) is 0 Å². The molecule has 0 aliphatic heterocycles. The molecule has 0 radical (unpaired) electrons. The highest BCUT2D eigenvalue weighted by molar-refractivity contribution is 9.10. The van der Waals surface area contributed by atoms with Crippen molar-refractivity contribution in [3.63, 3.8) is 0 Å². The van der Waals surface area contributed by atoms with Gasteiger partial charge in [-0.25, -0.2) is 4.98 Å². The molecule has 0 saturated carbocycles. The van der Waals surface area contributed by atoms with E-state index < -0.39 is 0 Å². The van der Waals surface area contributed by atoms with Crippen LogP contribution in [0.5, 0.6) is 0 Å². The molecule has 0 unspecified atom stereocenters. The van der Waals surface area contributed by atoms with Crippen molar-refractivity contribution in [1.29, 1.82) is 0 Å². The van der Waals surface area contributed by atoms with Crippen LogP contribution in [0.25, 0.3) is 5.69 Å². The summed E-state index contributed by atoms with van der Waals surface area (Å²) in [5, 5.41) is 0. The minimum absolute atomic E-state index is 0.509. The second-order valence-electron chi connectivity index (χ2n) is 3.06. The number of aryl methyl sites for hydroxylation is 1. The van der Waals surface area contributed by atoms with Crippen LogP contribution in [0.2, 0.25) is 0 Å². The van der Waals surface area contributed by atoms with Gasteiger partial charge in [0.05, 0.1) is 11.4 Å². The number of nitrogens with zero attached hydrogens (tertiary/aromatic N) is 2. The first-order valence-corrected chi connectivity index (χ1v) is 5.04. The summed E-state index contributed by atoms with van der Waals surface area (Å²) in [5.41, 5.74) is 7.69. The number of anilines is 1. The molecule has 1 aromatic heterocycles. The summed E-state index contributed by atoms with van der Waals surface area (Å²) >= 11 is 3.47. The first-order chi connectivity index (χ1) is 6.68. The Kier molecular flexibility index (Phi) is 2.29. The topological polar surface area (TPSA) is 43.8 Å². The molecule has 0 aliphatic rings. The highest BCUT2D eigenvalue weighted by atomic mass is 79.9. The lowest BCUT2D eigenvalue weighted by Gasteiger charge is -2.05. The molecule has 0 aliphatic carbocycles. The number of rotatable bonds is 1. The van der Waals surface area contributed by atoms with Crippen LogP contribution in [-0.4, -0.2) is 9.55 Å². The van der Waals surface area contributed by atoms with E-state index in [9.17, 15) is 0 Å². The lowest BCUT2D eigenvalue weighted by Crippen LogP contribution is -1.99.